The van der Waals surface area contributed by atoms with Crippen molar-refractivity contribution in [2.75, 3.05) is 0 Å². The highest BCUT2D eigenvalue weighted by atomic mass is 16.4. The minimum atomic E-state index is -1.14. The molecule has 3 heteroatoms. The highest BCUT2D eigenvalue weighted by Crippen LogP contribution is 2.25. The minimum absolute atomic E-state index is 0.0645. The Kier molecular flexibility index (Phi) is 8.01. The van der Waals surface area contributed by atoms with E-state index in [1.165, 1.54) is 38.2 Å². The van der Waals surface area contributed by atoms with Crippen molar-refractivity contribution in [1.82, 2.24) is 0 Å². The highest BCUT2D eigenvalue weighted by Gasteiger charge is 2.17. The summed E-state index contributed by atoms with van der Waals surface area (Å²) in [6.07, 6.45) is 8.85. The van der Waals surface area contributed by atoms with E-state index in [1.807, 2.05) is 6.92 Å². The Bertz CT molecular complexity index is 191. The standard InChI is InChI=1S/C8H16O.C4H6O2/c1-7(9)8-5-3-2-4-6-8;1-2-3-4(5)6/h7-9H,2-6H2,1H3;2-3H,1H3,(H,5,6)/p-1/b;3-2+. The third-order valence-electron chi connectivity index (χ3n) is 2.63. The van der Waals surface area contributed by atoms with Crippen LogP contribution >= 0.6 is 0 Å². The maximum Gasteiger partial charge on any atom is 0.0639 e. The number of rotatable bonds is 2. The van der Waals surface area contributed by atoms with Gasteiger partial charge in [-0.2, -0.15) is 0 Å². The first-order valence-electron chi connectivity index (χ1n) is 5.59. The highest BCUT2D eigenvalue weighted by molar-refractivity contribution is 5.77. The molecule has 1 fully saturated rings. The van der Waals surface area contributed by atoms with Gasteiger partial charge >= 0.3 is 0 Å². The number of aliphatic hydroxyl groups excluding tert-OH is 1. The lowest BCUT2D eigenvalue weighted by Gasteiger charge is -2.23. The van der Waals surface area contributed by atoms with E-state index in [0.29, 0.717) is 5.92 Å². The van der Waals surface area contributed by atoms with E-state index in [-0.39, 0.29) is 6.10 Å². The zero-order chi connectivity index (χ0) is 11.7. The van der Waals surface area contributed by atoms with Gasteiger partial charge in [0.2, 0.25) is 0 Å². The summed E-state index contributed by atoms with van der Waals surface area (Å²) < 4.78 is 0. The zero-order valence-electron chi connectivity index (χ0n) is 9.61. The predicted octanol–water partition coefficient (Wildman–Crippen LogP) is 1.26. The number of allylic oxidation sites excluding steroid dienone is 1. The SMILES string of the molecule is C/C=C/C(=O)[O-].CC(O)C1CCCCC1. The van der Waals surface area contributed by atoms with Crippen LogP contribution in [0.4, 0.5) is 0 Å². The van der Waals surface area contributed by atoms with Gasteiger partial charge in [-0.05, 0) is 38.7 Å². The molecule has 1 N–H and O–H groups in total. The molecule has 0 aromatic heterocycles. The molecule has 1 aliphatic rings. The maximum absolute atomic E-state index is 9.40. The molecular formula is C12H21O3-. The van der Waals surface area contributed by atoms with Gasteiger partial charge in [0.15, 0.2) is 0 Å². The van der Waals surface area contributed by atoms with Crippen LogP contribution in [0.3, 0.4) is 0 Å². The van der Waals surface area contributed by atoms with Crippen LogP contribution in [-0.2, 0) is 4.79 Å². The van der Waals surface area contributed by atoms with Crippen LogP contribution in [0.5, 0.6) is 0 Å². The van der Waals surface area contributed by atoms with Gasteiger partial charge in [0.05, 0.1) is 12.1 Å². The molecule has 0 aromatic carbocycles. The molecule has 1 saturated carbocycles. The predicted molar refractivity (Wildman–Crippen MR) is 58.1 cm³/mol. The number of carboxylic acid groups (broad SMARTS) is 1. The fourth-order valence-corrected chi connectivity index (χ4v) is 1.75. The maximum atomic E-state index is 9.40. The van der Waals surface area contributed by atoms with Crippen LogP contribution in [0, 0.1) is 5.92 Å². The van der Waals surface area contributed by atoms with E-state index < -0.39 is 5.97 Å². The van der Waals surface area contributed by atoms with Crippen molar-refractivity contribution in [2.24, 2.45) is 5.92 Å². The smallest absolute Gasteiger partial charge is 0.0639 e. The number of aliphatic carboxylic acids is 1. The van der Waals surface area contributed by atoms with Crippen LogP contribution in [0.2, 0.25) is 0 Å². The summed E-state index contributed by atoms with van der Waals surface area (Å²) in [6.45, 7) is 3.53. The summed E-state index contributed by atoms with van der Waals surface area (Å²) in [6, 6.07) is 0. The number of carboxylic acids is 1. The van der Waals surface area contributed by atoms with Crippen molar-refractivity contribution in [3.05, 3.63) is 12.2 Å². The average Bonchev–Trinajstić information content (AvgIpc) is 2.20. The van der Waals surface area contributed by atoms with E-state index >= 15 is 0 Å². The lowest BCUT2D eigenvalue weighted by Crippen LogP contribution is -2.19. The third-order valence-corrected chi connectivity index (χ3v) is 2.63. The molecule has 0 radical (unpaired) electrons. The molecule has 0 amide bonds. The monoisotopic (exact) mass is 213 g/mol. The van der Waals surface area contributed by atoms with Gasteiger partial charge in [0.25, 0.3) is 0 Å². The molecule has 0 aliphatic heterocycles. The van der Waals surface area contributed by atoms with Crippen LogP contribution in [0.25, 0.3) is 0 Å². The Hall–Kier alpha value is -0.830. The van der Waals surface area contributed by atoms with Gasteiger partial charge in [-0.3, -0.25) is 0 Å². The molecule has 15 heavy (non-hydrogen) atoms. The minimum Gasteiger partial charge on any atom is -0.545 e. The topological polar surface area (TPSA) is 60.4 Å². The molecular weight excluding hydrogens is 192 g/mol. The van der Waals surface area contributed by atoms with Gasteiger partial charge in [-0.1, -0.05) is 25.3 Å². The molecule has 0 spiro atoms. The lowest BCUT2D eigenvalue weighted by atomic mass is 9.86. The fraction of sp³-hybridized carbons (Fsp3) is 0.750. The third kappa shape index (κ3) is 8.18. The van der Waals surface area contributed by atoms with E-state index in [9.17, 15) is 15.0 Å². The summed E-state index contributed by atoms with van der Waals surface area (Å²) in [5, 5.41) is 18.6. The fourth-order valence-electron chi connectivity index (χ4n) is 1.75. The Balaban J connectivity index is 0.000000288. The lowest BCUT2D eigenvalue weighted by molar-refractivity contribution is -0.297. The van der Waals surface area contributed by atoms with Crippen LogP contribution in [0.15, 0.2) is 12.2 Å². The molecule has 1 atom stereocenters. The first kappa shape index (κ1) is 14.2. The van der Waals surface area contributed by atoms with Gasteiger partial charge in [-0.25, -0.2) is 0 Å². The largest absolute Gasteiger partial charge is 0.545 e. The quantitative estimate of drug-likeness (QED) is 0.702. The summed E-state index contributed by atoms with van der Waals surface area (Å²) in [7, 11) is 0. The molecule has 3 nitrogen and oxygen atoms in total. The van der Waals surface area contributed by atoms with Gasteiger partial charge < -0.3 is 15.0 Å². The second kappa shape index (κ2) is 8.48. The molecule has 0 aromatic rings. The van der Waals surface area contributed by atoms with Crippen molar-refractivity contribution in [3.63, 3.8) is 0 Å². The normalized spacial score (nSPS) is 19.4. The second-order valence-electron chi connectivity index (χ2n) is 3.96. The molecule has 0 heterocycles. The van der Waals surface area contributed by atoms with Crippen molar-refractivity contribution in [3.8, 4) is 0 Å². The summed E-state index contributed by atoms with van der Waals surface area (Å²) in [5.74, 6) is -0.531. The second-order valence-corrected chi connectivity index (χ2v) is 3.96. The van der Waals surface area contributed by atoms with Crippen molar-refractivity contribution < 1.29 is 15.0 Å². The Morgan fingerprint density at radius 2 is 1.93 bits per heavy atom. The molecule has 1 unspecified atom stereocenters. The summed E-state index contributed by atoms with van der Waals surface area (Å²) in [4.78, 5) is 9.40. The van der Waals surface area contributed by atoms with Crippen LogP contribution in [0.1, 0.15) is 46.0 Å². The van der Waals surface area contributed by atoms with Crippen LogP contribution < -0.4 is 5.11 Å². The zero-order valence-corrected chi connectivity index (χ0v) is 9.61. The van der Waals surface area contributed by atoms with Crippen molar-refractivity contribution in [2.45, 2.75) is 52.1 Å². The number of hydrogen-bond donors (Lipinski definition) is 1. The van der Waals surface area contributed by atoms with E-state index in [2.05, 4.69) is 0 Å². The number of carbonyl (C=O) groups excluding carboxylic acids is 1. The molecule has 88 valence electrons. The average molecular weight is 213 g/mol. The Morgan fingerprint density at radius 1 is 1.40 bits per heavy atom. The Labute approximate surface area is 91.8 Å². The van der Waals surface area contributed by atoms with E-state index in [1.54, 1.807) is 6.92 Å². The Morgan fingerprint density at radius 3 is 2.13 bits per heavy atom. The van der Waals surface area contributed by atoms with E-state index in [4.69, 9.17) is 0 Å². The van der Waals surface area contributed by atoms with E-state index in [0.717, 1.165) is 6.08 Å². The number of carbonyl (C=O) groups is 1. The number of aliphatic hydroxyl groups is 1. The molecule has 1 aliphatic carbocycles. The van der Waals surface area contributed by atoms with Gasteiger partial charge in [0, 0.05) is 0 Å². The van der Waals surface area contributed by atoms with Crippen molar-refractivity contribution in [1.29, 1.82) is 0 Å². The van der Waals surface area contributed by atoms with Crippen LogP contribution in [-0.4, -0.2) is 17.2 Å². The number of hydrogen-bond acceptors (Lipinski definition) is 3. The summed E-state index contributed by atoms with van der Waals surface area (Å²) >= 11 is 0. The van der Waals surface area contributed by atoms with Gasteiger partial charge in [-0.15, -0.1) is 0 Å². The summed E-state index contributed by atoms with van der Waals surface area (Å²) in [5.41, 5.74) is 0. The first-order valence-corrected chi connectivity index (χ1v) is 5.59. The molecule has 1 rings (SSSR count). The first-order chi connectivity index (χ1) is 7.07. The van der Waals surface area contributed by atoms with Gasteiger partial charge in [0.1, 0.15) is 0 Å². The van der Waals surface area contributed by atoms with Crippen molar-refractivity contribution >= 4 is 5.97 Å². The molecule has 0 saturated heterocycles. The molecule has 0 bridgehead atoms.